The van der Waals surface area contributed by atoms with Crippen LogP contribution in [-0.4, -0.2) is 52.6 Å². The van der Waals surface area contributed by atoms with E-state index < -0.39 is 5.97 Å². The zero-order chi connectivity index (χ0) is 14.9. The molecule has 112 valence electrons. The number of aromatic carboxylic acids is 1. The van der Waals surface area contributed by atoms with E-state index in [1.165, 1.54) is 6.07 Å². The number of carboxylic acid groups (broad SMARTS) is 1. The third kappa shape index (κ3) is 3.22. The SMILES string of the molecule is CC(c1ccc(C(=O)O)o1)N1CCN(C(C)(C)C)CC1. The van der Waals surface area contributed by atoms with Gasteiger partial charge in [-0.2, -0.15) is 0 Å². The van der Waals surface area contributed by atoms with Crippen LogP contribution in [0.15, 0.2) is 16.5 Å². The summed E-state index contributed by atoms with van der Waals surface area (Å²) < 4.78 is 5.40. The van der Waals surface area contributed by atoms with Crippen LogP contribution in [-0.2, 0) is 0 Å². The van der Waals surface area contributed by atoms with Gasteiger partial charge in [-0.1, -0.05) is 0 Å². The van der Waals surface area contributed by atoms with E-state index in [2.05, 4.69) is 37.5 Å². The number of carbonyl (C=O) groups is 1. The summed E-state index contributed by atoms with van der Waals surface area (Å²) in [7, 11) is 0. The maximum absolute atomic E-state index is 10.9. The van der Waals surface area contributed by atoms with Gasteiger partial charge in [-0.25, -0.2) is 4.79 Å². The Hall–Kier alpha value is -1.33. The maximum Gasteiger partial charge on any atom is 0.371 e. The minimum Gasteiger partial charge on any atom is -0.475 e. The Morgan fingerprint density at radius 1 is 1.25 bits per heavy atom. The van der Waals surface area contributed by atoms with Crippen molar-refractivity contribution in [2.24, 2.45) is 0 Å². The van der Waals surface area contributed by atoms with E-state index in [1.54, 1.807) is 6.07 Å². The first kappa shape index (κ1) is 15.1. The number of nitrogens with zero attached hydrogens (tertiary/aromatic N) is 2. The lowest BCUT2D eigenvalue weighted by molar-refractivity contribution is 0.0401. The molecule has 0 bridgehead atoms. The van der Waals surface area contributed by atoms with Gasteiger partial charge in [-0.15, -0.1) is 0 Å². The second kappa shape index (κ2) is 5.58. The molecule has 0 saturated carbocycles. The smallest absolute Gasteiger partial charge is 0.371 e. The summed E-state index contributed by atoms with van der Waals surface area (Å²) in [6.07, 6.45) is 0. The maximum atomic E-state index is 10.9. The summed E-state index contributed by atoms with van der Waals surface area (Å²) in [5, 5.41) is 8.90. The molecule has 1 aromatic heterocycles. The third-order valence-electron chi connectivity index (χ3n) is 4.06. The lowest BCUT2D eigenvalue weighted by atomic mass is 10.0. The molecule has 1 unspecified atom stereocenters. The van der Waals surface area contributed by atoms with Crippen molar-refractivity contribution in [2.75, 3.05) is 26.2 Å². The zero-order valence-electron chi connectivity index (χ0n) is 12.7. The minimum atomic E-state index is -1.01. The number of rotatable bonds is 3. The van der Waals surface area contributed by atoms with Crippen molar-refractivity contribution >= 4 is 5.97 Å². The average Bonchev–Trinajstić information content (AvgIpc) is 2.86. The van der Waals surface area contributed by atoms with E-state index in [4.69, 9.17) is 9.52 Å². The predicted octanol–water partition coefficient (Wildman–Crippen LogP) is 2.45. The zero-order valence-corrected chi connectivity index (χ0v) is 12.7. The van der Waals surface area contributed by atoms with Crippen LogP contribution in [0.25, 0.3) is 0 Å². The molecule has 1 atom stereocenters. The monoisotopic (exact) mass is 280 g/mol. The summed E-state index contributed by atoms with van der Waals surface area (Å²) in [6.45, 7) is 12.8. The first-order valence-corrected chi connectivity index (χ1v) is 7.11. The lowest BCUT2D eigenvalue weighted by Crippen LogP contribution is -2.53. The largest absolute Gasteiger partial charge is 0.475 e. The second-order valence-electron chi connectivity index (χ2n) is 6.38. The molecule has 0 spiro atoms. The molecule has 0 radical (unpaired) electrons. The van der Waals surface area contributed by atoms with Crippen molar-refractivity contribution in [1.82, 2.24) is 9.80 Å². The summed E-state index contributed by atoms with van der Waals surface area (Å²) in [5.74, 6) is -0.271. The topological polar surface area (TPSA) is 56.9 Å². The highest BCUT2D eigenvalue weighted by Gasteiger charge is 2.29. The Morgan fingerprint density at radius 2 is 1.85 bits per heavy atom. The third-order valence-corrected chi connectivity index (χ3v) is 4.06. The van der Waals surface area contributed by atoms with Crippen molar-refractivity contribution in [3.8, 4) is 0 Å². The molecule has 0 aliphatic carbocycles. The standard InChI is InChI=1S/C15H24N2O3/c1-11(12-5-6-13(20-12)14(18)19)16-7-9-17(10-8-16)15(2,3)4/h5-6,11H,7-10H2,1-4H3,(H,18,19). The molecular formula is C15H24N2O3. The van der Waals surface area contributed by atoms with Gasteiger partial charge in [0.15, 0.2) is 0 Å². The molecule has 1 aliphatic rings. The minimum absolute atomic E-state index is 0.0141. The highest BCUT2D eigenvalue weighted by molar-refractivity contribution is 5.84. The Labute approximate surface area is 120 Å². The van der Waals surface area contributed by atoms with Gasteiger partial charge in [-0.05, 0) is 39.8 Å². The summed E-state index contributed by atoms with van der Waals surface area (Å²) in [4.78, 5) is 15.7. The number of furan rings is 1. The molecule has 5 nitrogen and oxygen atoms in total. The van der Waals surface area contributed by atoms with Crippen LogP contribution in [0.1, 0.15) is 50.1 Å². The van der Waals surface area contributed by atoms with E-state index in [9.17, 15) is 4.79 Å². The van der Waals surface area contributed by atoms with Gasteiger partial charge in [0, 0.05) is 31.7 Å². The number of hydrogen-bond donors (Lipinski definition) is 1. The fourth-order valence-electron chi connectivity index (χ4n) is 2.65. The van der Waals surface area contributed by atoms with Gasteiger partial charge in [0.2, 0.25) is 5.76 Å². The molecule has 2 heterocycles. The Balaban J connectivity index is 1.97. The van der Waals surface area contributed by atoms with E-state index in [1.807, 2.05) is 0 Å². The molecule has 1 aromatic rings. The fraction of sp³-hybridized carbons (Fsp3) is 0.667. The van der Waals surface area contributed by atoms with Crippen LogP contribution in [0.2, 0.25) is 0 Å². The molecule has 2 rings (SSSR count). The van der Waals surface area contributed by atoms with Crippen molar-refractivity contribution < 1.29 is 14.3 Å². The van der Waals surface area contributed by atoms with Crippen LogP contribution in [0.3, 0.4) is 0 Å². The van der Waals surface area contributed by atoms with Gasteiger partial charge in [0.25, 0.3) is 0 Å². The van der Waals surface area contributed by atoms with E-state index >= 15 is 0 Å². The van der Waals surface area contributed by atoms with Gasteiger partial charge in [-0.3, -0.25) is 9.80 Å². The fourth-order valence-corrected chi connectivity index (χ4v) is 2.65. The molecular weight excluding hydrogens is 256 g/mol. The van der Waals surface area contributed by atoms with Crippen LogP contribution >= 0.6 is 0 Å². The van der Waals surface area contributed by atoms with Crippen molar-refractivity contribution in [3.05, 3.63) is 23.7 Å². The van der Waals surface area contributed by atoms with Gasteiger partial charge in [0.05, 0.1) is 6.04 Å². The molecule has 1 fully saturated rings. The van der Waals surface area contributed by atoms with Crippen LogP contribution in [0, 0.1) is 0 Å². The molecule has 20 heavy (non-hydrogen) atoms. The molecule has 0 aromatic carbocycles. The van der Waals surface area contributed by atoms with Gasteiger partial charge in [0.1, 0.15) is 5.76 Å². The molecule has 5 heteroatoms. The van der Waals surface area contributed by atoms with Gasteiger partial charge >= 0.3 is 5.97 Å². The first-order valence-electron chi connectivity index (χ1n) is 7.11. The van der Waals surface area contributed by atoms with E-state index in [-0.39, 0.29) is 17.3 Å². The first-order chi connectivity index (χ1) is 9.29. The molecule has 0 amide bonds. The molecule has 1 saturated heterocycles. The number of carboxylic acids is 1. The molecule has 1 aliphatic heterocycles. The lowest BCUT2D eigenvalue weighted by Gasteiger charge is -2.43. The Kier molecular flexibility index (Phi) is 4.20. The second-order valence-corrected chi connectivity index (χ2v) is 6.38. The number of piperazine rings is 1. The van der Waals surface area contributed by atoms with Crippen LogP contribution in [0.5, 0.6) is 0 Å². The summed E-state index contributed by atoms with van der Waals surface area (Å²) in [6, 6.07) is 3.41. The highest BCUT2D eigenvalue weighted by Crippen LogP contribution is 2.25. The molecule has 1 N–H and O–H groups in total. The summed E-state index contributed by atoms with van der Waals surface area (Å²) >= 11 is 0. The van der Waals surface area contributed by atoms with E-state index in [0.29, 0.717) is 0 Å². The van der Waals surface area contributed by atoms with E-state index in [0.717, 1.165) is 31.9 Å². The average molecular weight is 280 g/mol. The van der Waals surface area contributed by atoms with Gasteiger partial charge < -0.3 is 9.52 Å². The van der Waals surface area contributed by atoms with Crippen LogP contribution in [0.4, 0.5) is 0 Å². The normalized spacial score (nSPS) is 20.0. The van der Waals surface area contributed by atoms with Crippen molar-refractivity contribution in [1.29, 1.82) is 0 Å². The Morgan fingerprint density at radius 3 is 2.30 bits per heavy atom. The number of hydrogen-bond acceptors (Lipinski definition) is 4. The Bertz CT molecular complexity index is 468. The highest BCUT2D eigenvalue weighted by atomic mass is 16.4. The van der Waals surface area contributed by atoms with Crippen molar-refractivity contribution in [2.45, 2.75) is 39.3 Å². The quantitative estimate of drug-likeness (QED) is 0.921. The summed E-state index contributed by atoms with van der Waals surface area (Å²) in [5.41, 5.74) is 0.205. The van der Waals surface area contributed by atoms with Crippen LogP contribution < -0.4 is 0 Å². The predicted molar refractivity (Wildman–Crippen MR) is 77.0 cm³/mol. The van der Waals surface area contributed by atoms with Crippen molar-refractivity contribution in [3.63, 3.8) is 0 Å².